The Labute approximate surface area is 89.0 Å². The van der Waals surface area contributed by atoms with E-state index in [4.69, 9.17) is 9.84 Å². The molecule has 80 valence electrons. The van der Waals surface area contributed by atoms with Gasteiger partial charge < -0.3 is 9.84 Å². The summed E-state index contributed by atoms with van der Waals surface area (Å²) < 4.78 is 5.33. The average molecular weight is 206 g/mol. The van der Waals surface area contributed by atoms with Gasteiger partial charge in [0.25, 0.3) is 0 Å². The van der Waals surface area contributed by atoms with E-state index in [0.29, 0.717) is 18.8 Å². The highest BCUT2D eigenvalue weighted by molar-refractivity contribution is 5.87. The highest BCUT2D eigenvalue weighted by Gasteiger charge is 2.02. The first-order valence-corrected chi connectivity index (χ1v) is 4.75. The molecule has 15 heavy (non-hydrogen) atoms. The summed E-state index contributed by atoms with van der Waals surface area (Å²) in [6, 6.07) is 6.75. The minimum Gasteiger partial charge on any atom is -0.478 e. The second kappa shape index (κ2) is 5.98. The van der Waals surface area contributed by atoms with Crippen molar-refractivity contribution in [3.05, 3.63) is 48.0 Å². The molecular weight excluding hydrogens is 192 g/mol. The summed E-state index contributed by atoms with van der Waals surface area (Å²) in [5, 5.41) is 8.76. The molecule has 0 spiro atoms. The van der Waals surface area contributed by atoms with Crippen LogP contribution in [0.25, 0.3) is 0 Å². The van der Waals surface area contributed by atoms with Crippen molar-refractivity contribution >= 4 is 5.97 Å². The Kier molecular flexibility index (Phi) is 4.57. The minimum absolute atomic E-state index is 0.292. The van der Waals surface area contributed by atoms with Crippen LogP contribution in [0.2, 0.25) is 0 Å². The van der Waals surface area contributed by atoms with Crippen molar-refractivity contribution in [2.45, 2.75) is 13.0 Å². The summed E-state index contributed by atoms with van der Waals surface area (Å²) in [4.78, 5) is 10.7. The first-order valence-electron chi connectivity index (χ1n) is 4.75. The number of hydrogen-bond acceptors (Lipinski definition) is 2. The number of carboxylic acids is 1. The lowest BCUT2D eigenvalue weighted by Gasteiger charge is -2.03. The van der Waals surface area contributed by atoms with E-state index in [0.717, 1.165) is 12.0 Å². The molecule has 1 aromatic carbocycles. The molecule has 0 unspecified atom stereocenters. The van der Waals surface area contributed by atoms with Crippen LogP contribution in [0.15, 0.2) is 36.9 Å². The van der Waals surface area contributed by atoms with Crippen LogP contribution in [-0.2, 0) is 11.3 Å². The van der Waals surface area contributed by atoms with E-state index in [1.54, 1.807) is 24.3 Å². The van der Waals surface area contributed by atoms with Gasteiger partial charge in [0.05, 0.1) is 18.8 Å². The van der Waals surface area contributed by atoms with Crippen LogP contribution in [0.4, 0.5) is 0 Å². The summed E-state index contributed by atoms with van der Waals surface area (Å²) in [6.45, 7) is 4.64. The summed E-state index contributed by atoms with van der Waals surface area (Å²) >= 11 is 0. The molecule has 0 aromatic heterocycles. The molecule has 0 heterocycles. The van der Waals surface area contributed by atoms with Crippen LogP contribution in [0, 0.1) is 0 Å². The summed E-state index contributed by atoms with van der Waals surface area (Å²) in [7, 11) is 0. The molecule has 0 radical (unpaired) electrons. The van der Waals surface area contributed by atoms with Crippen molar-refractivity contribution in [2.24, 2.45) is 0 Å². The third-order valence-corrected chi connectivity index (χ3v) is 1.91. The zero-order valence-corrected chi connectivity index (χ0v) is 8.48. The maximum atomic E-state index is 10.7. The Balaban J connectivity index is 2.50. The van der Waals surface area contributed by atoms with Crippen molar-refractivity contribution in [2.75, 3.05) is 6.61 Å². The smallest absolute Gasteiger partial charge is 0.335 e. The van der Waals surface area contributed by atoms with Gasteiger partial charge in [0.15, 0.2) is 0 Å². The number of hydrogen-bond donors (Lipinski definition) is 1. The van der Waals surface area contributed by atoms with Crippen LogP contribution >= 0.6 is 0 Å². The lowest BCUT2D eigenvalue weighted by molar-refractivity contribution is 0.0696. The highest BCUT2D eigenvalue weighted by Crippen LogP contribution is 2.06. The fourth-order valence-corrected chi connectivity index (χ4v) is 1.15. The lowest BCUT2D eigenvalue weighted by Crippen LogP contribution is -1.99. The second-order valence-electron chi connectivity index (χ2n) is 3.14. The number of aromatic carboxylic acids is 1. The summed E-state index contributed by atoms with van der Waals surface area (Å²) in [5.41, 5.74) is 1.17. The first kappa shape index (κ1) is 11.5. The van der Waals surface area contributed by atoms with Crippen molar-refractivity contribution in [1.82, 2.24) is 0 Å². The van der Waals surface area contributed by atoms with Crippen molar-refractivity contribution in [3.63, 3.8) is 0 Å². The SMILES string of the molecule is C=CCCOCc1cccc(C(=O)O)c1. The normalized spacial score (nSPS) is 9.87. The summed E-state index contributed by atoms with van der Waals surface area (Å²) in [5.74, 6) is -0.914. The third kappa shape index (κ3) is 3.95. The van der Waals surface area contributed by atoms with Gasteiger partial charge in [0, 0.05) is 0 Å². The molecule has 0 aliphatic rings. The Hall–Kier alpha value is -1.61. The highest BCUT2D eigenvalue weighted by atomic mass is 16.5. The molecule has 0 atom stereocenters. The van der Waals surface area contributed by atoms with Crippen molar-refractivity contribution in [3.8, 4) is 0 Å². The van der Waals surface area contributed by atoms with Gasteiger partial charge in [-0.05, 0) is 24.1 Å². The van der Waals surface area contributed by atoms with E-state index < -0.39 is 5.97 Å². The van der Waals surface area contributed by atoms with E-state index in [9.17, 15) is 4.79 Å². The molecule has 3 heteroatoms. The third-order valence-electron chi connectivity index (χ3n) is 1.91. The van der Waals surface area contributed by atoms with Crippen LogP contribution < -0.4 is 0 Å². The zero-order chi connectivity index (χ0) is 11.1. The maximum absolute atomic E-state index is 10.7. The number of carbonyl (C=O) groups is 1. The molecule has 0 saturated carbocycles. The molecule has 0 aliphatic heterocycles. The van der Waals surface area contributed by atoms with E-state index in [1.165, 1.54) is 0 Å². The van der Waals surface area contributed by atoms with Crippen LogP contribution in [-0.4, -0.2) is 17.7 Å². The topological polar surface area (TPSA) is 46.5 Å². The van der Waals surface area contributed by atoms with Gasteiger partial charge in [0.1, 0.15) is 0 Å². The molecule has 1 aromatic rings. The molecular formula is C12H14O3. The van der Waals surface area contributed by atoms with E-state index in [1.807, 2.05) is 6.07 Å². The number of ether oxygens (including phenoxy) is 1. The Morgan fingerprint density at radius 1 is 1.53 bits per heavy atom. The monoisotopic (exact) mass is 206 g/mol. The van der Waals surface area contributed by atoms with Gasteiger partial charge in [-0.2, -0.15) is 0 Å². The fourth-order valence-electron chi connectivity index (χ4n) is 1.15. The van der Waals surface area contributed by atoms with Crippen molar-refractivity contribution in [1.29, 1.82) is 0 Å². The summed E-state index contributed by atoms with van der Waals surface area (Å²) in [6.07, 6.45) is 2.59. The second-order valence-corrected chi connectivity index (χ2v) is 3.14. The van der Waals surface area contributed by atoms with E-state index >= 15 is 0 Å². The largest absolute Gasteiger partial charge is 0.478 e. The van der Waals surface area contributed by atoms with Gasteiger partial charge in [-0.3, -0.25) is 0 Å². The minimum atomic E-state index is -0.914. The van der Waals surface area contributed by atoms with Crippen LogP contribution in [0.5, 0.6) is 0 Å². The molecule has 1 N–H and O–H groups in total. The van der Waals surface area contributed by atoms with E-state index in [-0.39, 0.29) is 0 Å². The van der Waals surface area contributed by atoms with Gasteiger partial charge >= 0.3 is 5.97 Å². The average Bonchev–Trinajstić information content (AvgIpc) is 2.25. The fraction of sp³-hybridized carbons (Fsp3) is 0.250. The number of benzene rings is 1. The van der Waals surface area contributed by atoms with E-state index in [2.05, 4.69) is 6.58 Å². The number of carboxylic acid groups (broad SMARTS) is 1. The predicted octanol–water partition coefficient (Wildman–Crippen LogP) is 2.48. The quantitative estimate of drug-likeness (QED) is 0.574. The lowest BCUT2D eigenvalue weighted by atomic mass is 10.1. The van der Waals surface area contributed by atoms with Crippen molar-refractivity contribution < 1.29 is 14.6 Å². The van der Waals surface area contributed by atoms with Crippen LogP contribution in [0.3, 0.4) is 0 Å². The molecule has 0 saturated heterocycles. The van der Waals surface area contributed by atoms with Gasteiger partial charge in [-0.25, -0.2) is 4.79 Å². The maximum Gasteiger partial charge on any atom is 0.335 e. The molecule has 3 nitrogen and oxygen atoms in total. The molecule has 0 fully saturated rings. The van der Waals surface area contributed by atoms with Gasteiger partial charge in [0.2, 0.25) is 0 Å². The molecule has 0 bridgehead atoms. The van der Waals surface area contributed by atoms with Crippen LogP contribution in [0.1, 0.15) is 22.3 Å². The number of rotatable bonds is 6. The van der Waals surface area contributed by atoms with Gasteiger partial charge in [-0.1, -0.05) is 18.2 Å². The molecule has 1 rings (SSSR count). The Bertz CT molecular complexity index is 344. The Morgan fingerprint density at radius 3 is 3.00 bits per heavy atom. The molecule has 0 amide bonds. The first-order chi connectivity index (χ1) is 7.24. The zero-order valence-electron chi connectivity index (χ0n) is 8.48. The Morgan fingerprint density at radius 2 is 2.33 bits per heavy atom. The molecule has 0 aliphatic carbocycles. The van der Waals surface area contributed by atoms with Gasteiger partial charge in [-0.15, -0.1) is 6.58 Å². The standard InChI is InChI=1S/C12H14O3/c1-2-3-7-15-9-10-5-4-6-11(8-10)12(13)14/h2,4-6,8H,1,3,7,9H2,(H,13,14). The predicted molar refractivity (Wildman–Crippen MR) is 57.9 cm³/mol.